The maximum atomic E-state index is 5.14. The van der Waals surface area contributed by atoms with Gasteiger partial charge in [-0.3, -0.25) is 0 Å². The van der Waals surface area contributed by atoms with Crippen molar-refractivity contribution in [2.45, 2.75) is 25.8 Å². The molecule has 0 spiro atoms. The number of nitrogens with zero attached hydrogens (tertiary/aromatic N) is 1. The summed E-state index contributed by atoms with van der Waals surface area (Å²) in [5.41, 5.74) is 0.966. The summed E-state index contributed by atoms with van der Waals surface area (Å²) in [7, 11) is 0. The molecule has 2 heterocycles. The third-order valence-corrected chi connectivity index (χ3v) is 2.05. The first-order valence-electron chi connectivity index (χ1n) is 4.03. The highest BCUT2D eigenvalue weighted by Gasteiger charge is 2.19. The Balaban J connectivity index is 0.000000720. The van der Waals surface area contributed by atoms with Gasteiger partial charge in [-0.05, 0) is 26.3 Å². The van der Waals surface area contributed by atoms with Crippen LogP contribution in [0.3, 0.4) is 0 Å². The Morgan fingerprint density at radius 3 is 3.00 bits per heavy atom. The monoisotopic (exact) mass is 232 g/mol. The van der Waals surface area contributed by atoms with Crippen LogP contribution >= 0.6 is 17.0 Å². The zero-order chi connectivity index (χ0) is 7.68. The van der Waals surface area contributed by atoms with Crippen LogP contribution in [0.4, 0.5) is 0 Å². The second-order valence-corrected chi connectivity index (χ2v) is 3.02. The number of rotatable bonds is 1. The normalized spacial score (nSPS) is 22.2. The molecular weight excluding hydrogens is 220 g/mol. The van der Waals surface area contributed by atoms with Crippen molar-refractivity contribution in [1.29, 1.82) is 0 Å². The van der Waals surface area contributed by atoms with E-state index in [2.05, 4.69) is 10.5 Å². The van der Waals surface area contributed by atoms with Crippen molar-refractivity contribution in [1.82, 2.24) is 10.5 Å². The molecule has 0 amide bonds. The molecule has 1 N–H and O–H groups in total. The molecule has 1 aliphatic heterocycles. The second kappa shape index (κ2) is 4.05. The van der Waals surface area contributed by atoms with Gasteiger partial charge in [0.2, 0.25) is 0 Å². The van der Waals surface area contributed by atoms with Crippen LogP contribution in [0.5, 0.6) is 0 Å². The molecule has 1 aromatic heterocycles. The standard InChI is InChI=1S/C8H12N2O.BrH/c1-6-5-8(11-10-6)7-3-2-4-9-7;/h5,7,9H,2-4H2,1H3;1H/t7-;/m0./s1. The molecule has 0 saturated carbocycles. The molecule has 4 heteroatoms. The van der Waals surface area contributed by atoms with Gasteiger partial charge in [0, 0.05) is 6.07 Å². The lowest BCUT2D eigenvalue weighted by Crippen LogP contribution is -2.11. The van der Waals surface area contributed by atoms with Crippen LogP contribution in [0.15, 0.2) is 10.6 Å². The van der Waals surface area contributed by atoms with Crippen LogP contribution in [-0.4, -0.2) is 11.7 Å². The van der Waals surface area contributed by atoms with E-state index in [-0.39, 0.29) is 17.0 Å². The average molecular weight is 233 g/mol. The van der Waals surface area contributed by atoms with Crippen molar-refractivity contribution in [3.8, 4) is 0 Å². The molecule has 68 valence electrons. The fourth-order valence-electron chi connectivity index (χ4n) is 1.47. The summed E-state index contributed by atoms with van der Waals surface area (Å²) >= 11 is 0. The maximum Gasteiger partial charge on any atom is 0.153 e. The number of aryl methyl sites for hydroxylation is 1. The predicted octanol–water partition coefficient (Wildman–Crippen LogP) is 1.99. The van der Waals surface area contributed by atoms with E-state index < -0.39 is 0 Å². The van der Waals surface area contributed by atoms with Crippen molar-refractivity contribution in [3.63, 3.8) is 0 Å². The lowest BCUT2D eigenvalue weighted by atomic mass is 10.2. The number of nitrogens with one attached hydrogen (secondary N) is 1. The molecule has 0 unspecified atom stereocenters. The Bertz CT molecular complexity index is 243. The summed E-state index contributed by atoms with van der Waals surface area (Å²) in [6.07, 6.45) is 2.42. The van der Waals surface area contributed by atoms with Crippen molar-refractivity contribution >= 4 is 17.0 Å². The highest BCUT2D eigenvalue weighted by Crippen LogP contribution is 2.22. The molecule has 0 bridgehead atoms. The van der Waals surface area contributed by atoms with Crippen molar-refractivity contribution in [2.75, 3.05) is 6.54 Å². The van der Waals surface area contributed by atoms with Crippen LogP contribution in [0.2, 0.25) is 0 Å². The molecule has 1 aromatic rings. The highest BCUT2D eigenvalue weighted by atomic mass is 79.9. The molecule has 0 aliphatic carbocycles. The molecule has 0 aromatic carbocycles. The highest BCUT2D eigenvalue weighted by molar-refractivity contribution is 8.93. The summed E-state index contributed by atoms with van der Waals surface area (Å²) in [5, 5.41) is 7.20. The Hall–Kier alpha value is -0.350. The summed E-state index contributed by atoms with van der Waals surface area (Å²) in [4.78, 5) is 0. The summed E-state index contributed by atoms with van der Waals surface area (Å²) in [5.74, 6) is 0.986. The molecule has 0 radical (unpaired) electrons. The van der Waals surface area contributed by atoms with Crippen molar-refractivity contribution < 1.29 is 4.52 Å². The van der Waals surface area contributed by atoms with E-state index in [1.807, 2.05) is 13.0 Å². The smallest absolute Gasteiger partial charge is 0.153 e. The molecule has 12 heavy (non-hydrogen) atoms. The molecular formula is C8H13BrN2O. The van der Waals surface area contributed by atoms with Crippen LogP contribution in [-0.2, 0) is 0 Å². The largest absolute Gasteiger partial charge is 0.359 e. The van der Waals surface area contributed by atoms with E-state index in [9.17, 15) is 0 Å². The number of hydrogen-bond donors (Lipinski definition) is 1. The zero-order valence-corrected chi connectivity index (χ0v) is 8.75. The minimum absolute atomic E-state index is 0. The first kappa shape index (κ1) is 9.74. The topological polar surface area (TPSA) is 38.1 Å². The van der Waals surface area contributed by atoms with Gasteiger partial charge in [0.05, 0.1) is 11.7 Å². The van der Waals surface area contributed by atoms with Gasteiger partial charge in [0.1, 0.15) is 0 Å². The first-order valence-corrected chi connectivity index (χ1v) is 4.03. The van der Waals surface area contributed by atoms with Crippen LogP contribution < -0.4 is 5.32 Å². The second-order valence-electron chi connectivity index (χ2n) is 3.02. The van der Waals surface area contributed by atoms with Gasteiger partial charge in [0.15, 0.2) is 5.76 Å². The van der Waals surface area contributed by atoms with Crippen LogP contribution in [0.25, 0.3) is 0 Å². The minimum Gasteiger partial charge on any atom is -0.359 e. The third-order valence-electron chi connectivity index (χ3n) is 2.05. The molecule has 1 fully saturated rings. The van der Waals surface area contributed by atoms with E-state index in [1.54, 1.807) is 0 Å². The van der Waals surface area contributed by atoms with Gasteiger partial charge >= 0.3 is 0 Å². The van der Waals surface area contributed by atoms with Crippen LogP contribution in [0, 0.1) is 6.92 Å². The van der Waals surface area contributed by atoms with E-state index in [0.717, 1.165) is 18.0 Å². The van der Waals surface area contributed by atoms with Gasteiger partial charge in [-0.25, -0.2) is 0 Å². The molecule has 1 atom stereocenters. The van der Waals surface area contributed by atoms with Gasteiger partial charge in [-0.2, -0.15) is 0 Å². The summed E-state index contributed by atoms with van der Waals surface area (Å²) in [6, 6.07) is 2.42. The van der Waals surface area contributed by atoms with Crippen molar-refractivity contribution in [3.05, 3.63) is 17.5 Å². The Labute approximate surface area is 82.3 Å². The quantitative estimate of drug-likeness (QED) is 0.805. The van der Waals surface area contributed by atoms with Gasteiger partial charge in [-0.1, -0.05) is 5.16 Å². The van der Waals surface area contributed by atoms with Gasteiger partial charge in [0.25, 0.3) is 0 Å². The fourth-order valence-corrected chi connectivity index (χ4v) is 1.47. The molecule has 3 nitrogen and oxygen atoms in total. The lowest BCUT2D eigenvalue weighted by Gasteiger charge is -2.02. The van der Waals surface area contributed by atoms with Gasteiger partial charge in [-0.15, -0.1) is 17.0 Å². The Kier molecular flexibility index (Phi) is 3.29. The Morgan fingerprint density at radius 1 is 1.67 bits per heavy atom. The molecule has 1 aliphatic rings. The lowest BCUT2D eigenvalue weighted by molar-refractivity contribution is 0.349. The van der Waals surface area contributed by atoms with Gasteiger partial charge < -0.3 is 9.84 Å². The maximum absolute atomic E-state index is 5.14. The third kappa shape index (κ3) is 1.87. The van der Waals surface area contributed by atoms with E-state index in [0.29, 0.717) is 6.04 Å². The predicted molar refractivity (Wildman–Crippen MR) is 51.5 cm³/mol. The SMILES string of the molecule is Br.Cc1cc([C@@H]2CCCN2)on1. The summed E-state index contributed by atoms with van der Waals surface area (Å²) < 4.78 is 5.14. The minimum atomic E-state index is 0. The van der Waals surface area contributed by atoms with Crippen LogP contribution in [0.1, 0.15) is 30.3 Å². The van der Waals surface area contributed by atoms with E-state index in [1.165, 1.54) is 12.8 Å². The number of halogens is 1. The molecule has 2 rings (SSSR count). The summed E-state index contributed by atoms with van der Waals surface area (Å²) in [6.45, 7) is 3.05. The zero-order valence-electron chi connectivity index (χ0n) is 7.04. The number of hydrogen-bond acceptors (Lipinski definition) is 3. The van der Waals surface area contributed by atoms with E-state index >= 15 is 0 Å². The van der Waals surface area contributed by atoms with Crippen molar-refractivity contribution in [2.24, 2.45) is 0 Å². The first-order chi connectivity index (χ1) is 5.36. The Morgan fingerprint density at radius 2 is 2.50 bits per heavy atom. The van der Waals surface area contributed by atoms with E-state index in [4.69, 9.17) is 4.52 Å². The number of aromatic nitrogens is 1. The average Bonchev–Trinajstić information content (AvgIpc) is 2.55. The fraction of sp³-hybridized carbons (Fsp3) is 0.625. The molecule has 1 saturated heterocycles.